The number of aromatic nitrogens is 1. The molecule has 0 radical (unpaired) electrons. The first kappa shape index (κ1) is 16.5. The van der Waals surface area contributed by atoms with E-state index in [1.807, 2.05) is 12.3 Å². The third-order valence-corrected chi connectivity index (χ3v) is 4.18. The van der Waals surface area contributed by atoms with Crippen LogP contribution in [0.25, 0.3) is 0 Å². The van der Waals surface area contributed by atoms with Gasteiger partial charge in [0.15, 0.2) is 0 Å². The molecule has 2 heterocycles. The summed E-state index contributed by atoms with van der Waals surface area (Å²) in [6.45, 7) is 9.60. The maximum atomic E-state index is 6.39. The highest BCUT2D eigenvalue weighted by Crippen LogP contribution is 2.23. The number of nitrogens with one attached hydrogen (secondary N) is 1. The van der Waals surface area contributed by atoms with Crippen LogP contribution in [0, 0.1) is 0 Å². The summed E-state index contributed by atoms with van der Waals surface area (Å²) >= 11 is 6.39. The van der Waals surface area contributed by atoms with Gasteiger partial charge in [-0.3, -0.25) is 0 Å². The second kappa shape index (κ2) is 7.97. The first-order valence-electron chi connectivity index (χ1n) is 7.87. The summed E-state index contributed by atoms with van der Waals surface area (Å²) < 4.78 is 0. The van der Waals surface area contributed by atoms with E-state index in [1.54, 1.807) is 0 Å². The summed E-state index contributed by atoms with van der Waals surface area (Å²) in [7, 11) is 2.07. The molecule has 1 saturated heterocycles. The first-order chi connectivity index (χ1) is 10.1. The van der Waals surface area contributed by atoms with Crippen molar-refractivity contribution < 1.29 is 0 Å². The highest BCUT2D eigenvalue weighted by Gasteiger charge is 2.14. The normalized spacial score (nSPS) is 15.9. The van der Waals surface area contributed by atoms with Crippen molar-refractivity contribution in [2.75, 3.05) is 38.1 Å². The van der Waals surface area contributed by atoms with Crippen LogP contribution in [0.15, 0.2) is 12.3 Å². The van der Waals surface area contributed by atoms with Gasteiger partial charge in [-0.1, -0.05) is 25.4 Å². The Balaban J connectivity index is 1.89. The molecule has 0 atom stereocenters. The van der Waals surface area contributed by atoms with E-state index in [0.29, 0.717) is 6.04 Å². The first-order valence-corrected chi connectivity index (χ1v) is 8.25. The lowest BCUT2D eigenvalue weighted by Gasteiger charge is -2.23. The third kappa shape index (κ3) is 5.13. The van der Waals surface area contributed by atoms with Gasteiger partial charge >= 0.3 is 0 Å². The Morgan fingerprint density at radius 1 is 1.38 bits per heavy atom. The molecule has 0 saturated carbocycles. The van der Waals surface area contributed by atoms with Crippen molar-refractivity contribution in [1.29, 1.82) is 0 Å². The van der Waals surface area contributed by atoms with Crippen molar-refractivity contribution in [3.63, 3.8) is 0 Å². The maximum Gasteiger partial charge on any atom is 0.147 e. The summed E-state index contributed by atoms with van der Waals surface area (Å²) in [5.74, 6) is 0.879. The Hall–Kier alpha value is -0.840. The molecule has 0 bridgehead atoms. The van der Waals surface area contributed by atoms with Crippen molar-refractivity contribution in [3.8, 4) is 0 Å². The Kier molecular flexibility index (Phi) is 6.27. The van der Waals surface area contributed by atoms with E-state index >= 15 is 0 Å². The molecule has 21 heavy (non-hydrogen) atoms. The largest absolute Gasteiger partial charge is 0.357 e. The lowest BCUT2D eigenvalue weighted by Crippen LogP contribution is -2.32. The van der Waals surface area contributed by atoms with Gasteiger partial charge in [0.05, 0.1) is 5.02 Å². The average molecular weight is 311 g/mol. The summed E-state index contributed by atoms with van der Waals surface area (Å²) in [5, 5.41) is 4.12. The Morgan fingerprint density at radius 3 is 2.71 bits per heavy atom. The molecular formula is C16H27ClN4. The van der Waals surface area contributed by atoms with E-state index in [1.165, 1.54) is 25.9 Å². The van der Waals surface area contributed by atoms with Gasteiger partial charge < -0.3 is 15.1 Å². The van der Waals surface area contributed by atoms with Gasteiger partial charge in [0.1, 0.15) is 5.82 Å². The fourth-order valence-corrected chi connectivity index (χ4v) is 2.91. The predicted molar refractivity (Wildman–Crippen MR) is 90.2 cm³/mol. The summed E-state index contributed by atoms with van der Waals surface area (Å²) in [5.41, 5.74) is 1.13. The number of halogens is 1. The minimum absolute atomic E-state index is 0.464. The topological polar surface area (TPSA) is 31.4 Å². The molecule has 1 aromatic rings. The Bertz CT molecular complexity index is 444. The van der Waals surface area contributed by atoms with Gasteiger partial charge in [0, 0.05) is 38.9 Å². The second-order valence-electron chi connectivity index (χ2n) is 6.15. The molecule has 2 rings (SSSR count). The molecule has 1 N–H and O–H groups in total. The van der Waals surface area contributed by atoms with Crippen LogP contribution in [0.1, 0.15) is 32.3 Å². The number of hydrogen-bond acceptors (Lipinski definition) is 4. The molecule has 1 aromatic heterocycles. The van der Waals surface area contributed by atoms with Crippen LogP contribution < -0.4 is 10.2 Å². The Labute approximate surface area is 133 Å². The van der Waals surface area contributed by atoms with Crippen LogP contribution in [0.3, 0.4) is 0 Å². The van der Waals surface area contributed by atoms with Crippen LogP contribution >= 0.6 is 11.6 Å². The van der Waals surface area contributed by atoms with Crippen LogP contribution in [0.2, 0.25) is 5.02 Å². The highest BCUT2D eigenvalue weighted by molar-refractivity contribution is 6.33. The lowest BCUT2D eigenvalue weighted by molar-refractivity contribution is 0.346. The number of rotatable bonds is 7. The average Bonchev–Trinajstić information content (AvgIpc) is 2.96. The molecule has 4 nitrogen and oxygen atoms in total. The van der Waals surface area contributed by atoms with Crippen molar-refractivity contribution in [3.05, 3.63) is 22.8 Å². The zero-order valence-electron chi connectivity index (χ0n) is 13.4. The maximum absolute atomic E-state index is 6.39. The lowest BCUT2D eigenvalue weighted by atomic mass is 10.2. The molecular weight excluding hydrogens is 284 g/mol. The molecule has 118 valence electrons. The van der Waals surface area contributed by atoms with Crippen LogP contribution in [-0.4, -0.2) is 49.2 Å². The van der Waals surface area contributed by atoms with E-state index < -0.39 is 0 Å². The molecule has 5 heteroatoms. The standard InChI is InChI=1S/C16H27ClN4/c1-13(2)18-11-14-10-15(17)16(19-12-14)20(3)8-9-21-6-4-5-7-21/h10,12-13,18H,4-9,11H2,1-3H3. The SMILES string of the molecule is CC(C)NCc1cnc(N(C)CCN2CCCC2)c(Cl)c1. The second-order valence-corrected chi connectivity index (χ2v) is 6.56. The van der Waals surface area contributed by atoms with Gasteiger partial charge in [-0.2, -0.15) is 0 Å². The molecule has 1 aliphatic rings. The fourth-order valence-electron chi connectivity index (χ4n) is 2.57. The summed E-state index contributed by atoms with van der Waals surface area (Å²) in [4.78, 5) is 9.20. The van der Waals surface area contributed by atoms with Crippen molar-refractivity contribution in [2.24, 2.45) is 0 Å². The Morgan fingerprint density at radius 2 is 2.10 bits per heavy atom. The number of likely N-dealkylation sites (tertiary alicyclic amines) is 1. The fraction of sp³-hybridized carbons (Fsp3) is 0.688. The molecule has 0 aliphatic carbocycles. The van der Waals surface area contributed by atoms with Gasteiger partial charge in [-0.25, -0.2) is 4.98 Å². The van der Waals surface area contributed by atoms with Crippen LogP contribution in [-0.2, 0) is 6.54 Å². The zero-order chi connectivity index (χ0) is 15.2. The summed E-state index contributed by atoms with van der Waals surface area (Å²) in [6.07, 6.45) is 4.59. The predicted octanol–water partition coefficient (Wildman–Crippen LogP) is 2.77. The van der Waals surface area contributed by atoms with Crippen LogP contribution in [0.4, 0.5) is 5.82 Å². The molecule has 0 unspecified atom stereocenters. The molecule has 1 fully saturated rings. The van der Waals surface area contributed by atoms with Gasteiger partial charge in [0.2, 0.25) is 0 Å². The van der Waals surface area contributed by atoms with Crippen LogP contribution in [0.5, 0.6) is 0 Å². The number of pyridine rings is 1. The number of likely N-dealkylation sites (N-methyl/N-ethyl adjacent to an activating group) is 1. The van der Waals surface area contributed by atoms with E-state index in [0.717, 1.165) is 36.0 Å². The monoisotopic (exact) mass is 310 g/mol. The van der Waals surface area contributed by atoms with Crippen molar-refractivity contribution >= 4 is 17.4 Å². The van der Waals surface area contributed by atoms with Gasteiger partial charge in [-0.15, -0.1) is 0 Å². The minimum Gasteiger partial charge on any atom is -0.357 e. The summed E-state index contributed by atoms with van der Waals surface area (Å²) in [6, 6.07) is 2.48. The number of nitrogens with zero attached hydrogens (tertiary/aromatic N) is 3. The molecule has 0 aromatic carbocycles. The van der Waals surface area contributed by atoms with E-state index in [4.69, 9.17) is 11.6 Å². The van der Waals surface area contributed by atoms with E-state index in [-0.39, 0.29) is 0 Å². The van der Waals surface area contributed by atoms with E-state index in [2.05, 4.69) is 41.0 Å². The molecule has 1 aliphatic heterocycles. The van der Waals surface area contributed by atoms with E-state index in [9.17, 15) is 0 Å². The third-order valence-electron chi connectivity index (χ3n) is 3.90. The van der Waals surface area contributed by atoms with Gasteiger partial charge in [-0.05, 0) is 37.6 Å². The molecule has 0 spiro atoms. The smallest absolute Gasteiger partial charge is 0.147 e. The number of anilines is 1. The minimum atomic E-state index is 0.464. The molecule has 0 amide bonds. The quantitative estimate of drug-likeness (QED) is 0.839. The zero-order valence-corrected chi connectivity index (χ0v) is 14.2. The van der Waals surface area contributed by atoms with Gasteiger partial charge in [0.25, 0.3) is 0 Å². The van der Waals surface area contributed by atoms with Crippen molar-refractivity contribution in [2.45, 2.75) is 39.3 Å². The highest BCUT2D eigenvalue weighted by atomic mass is 35.5. The van der Waals surface area contributed by atoms with Crippen molar-refractivity contribution in [1.82, 2.24) is 15.2 Å². The number of hydrogen-bond donors (Lipinski definition) is 1.